The van der Waals surface area contributed by atoms with Crippen molar-refractivity contribution in [1.82, 2.24) is 0 Å². The summed E-state index contributed by atoms with van der Waals surface area (Å²) < 4.78 is 0. The highest BCUT2D eigenvalue weighted by Crippen LogP contribution is 2.50. The molecule has 4 rings (SSSR count). The van der Waals surface area contributed by atoms with Crippen LogP contribution in [0.2, 0.25) is 10.0 Å². The Balaban J connectivity index is 1.77. The highest BCUT2D eigenvalue weighted by Gasteiger charge is 2.47. The number of rotatable bonds is 2. The van der Waals surface area contributed by atoms with Crippen molar-refractivity contribution in [1.29, 1.82) is 0 Å². The molecule has 0 spiro atoms. The van der Waals surface area contributed by atoms with Crippen LogP contribution in [-0.4, -0.2) is 11.6 Å². The number of benzene rings is 3. The van der Waals surface area contributed by atoms with Crippen molar-refractivity contribution < 1.29 is 4.79 Å². The van der Waals surface area contributed by atoms with Crippen molar-refractivity contribution in [2.45, 2.75) is 45.1 Å². The summed E-state index contributed by atoms with van der Waals surface area (Å²) in [4.78, 5) is 15.3. The molecule has 0 aromatic heterocycles. The van der Waals surface area contributed by atoms with Crippen LogP contribution in [0.5, 0.6) is 0 Å². The first-order valence-corrected chi connectivity index (χ1v) is 11.1. The molecule has 1 aliphatic heterocycles. The number of carbonyl (C=O) groups excluding carboxylic acids is 1. The van der Waals surface area contributed by atoms with E-state index >= 15 is 0 Å². The number of para-hydroxylation sites is 1. The van der Waals surface area contributed by atoms with E-state index in [-0.39, 0.29) is 11.4 Å². The molecule has 0 fully saturated rings. The van der Waals surface area contributed by atoms with E-state index in [4.69, 9.17) is 23.2 Å². The van der Waals surface area contributed by atoms with E-state index in [2.05, 4.69) is 63.3 Å². The predicted molar refractivity (Wildman–Crippen MR) is 131 cm³/mol. The normalized spacial score (nSPS) is 19.6. The molecule has 0 saturated heterocycles. The predicted octanol–water partition coefficient (Wildman–Crippen LogP) is 7.83. The van der Waals surface area contributed by atoms with Gasteiger partial charge in [-0.1, -0.05) is 78.2 Å². The number of anilines is 2. The Bertz CT molecular complexity index is 1140. The van der Waals surface area contributed by atoms with Gasteiger partial charge in [0.1, 0.15) is 0 Å². The highest BCUT2D eigenvalue weighted by molar-refractivity contribution is 6.42. The summed E-state index contributed by atoms with van der Waals surface area (Å²) in [5.74, 6) is 0. The molecule has 3 aromatic rings. The fraction of sp³-hybridized carbons (Fsp3) is 0.269. The second-order valence-corrected chi connectivity index (χ2v) is 9.91. The highest BCUT2D eigenvalue weighted by atomic mass is 35.5. The average molecular weight is 453 g/mol. The first-order valence-electron chi connectivity index (χ1n) is 10.3. The molecular formula is C26H26Cl2N2O. The van der Waals surface area contributed by atoms with Crippen LogP contribution in [-0.2, 0) is 5.41 Å². The molecule has 0 unspecified atom stereocenters. The zero-order valence-corrected chi connectivity index (χ0v) is 19.7. The summed E-state index contributed by atoms with van der Waals surface area (Å²) in [6.07, 6.45) is 0.787. The van der Waals surface area contributed by atoms with Gasteiger partial charge in [-0.25, -0.2) is 4.79 Å². The number of aryl methyl sites for hydroxylation is 1. The third kappa shape index (κ3) is 3.93. The summed E-state index contributed by atoms with van der Waals surface area (Å²) in [5.41, 5.74) is 4.52. The standard InChI is InChI=1S/C26H26Cl2N2O/c1-17-9-11-18(12-10-17)26(4)16-25(2,3)30(23-8-6-5-7-20(23)26)24(31)29-19-13-14-21(27)22(28)15-19/h5-15H,16H2,1-4H3,(H,29,31)/t26-/m0/s1. The molecule has 1 N–H and O–H groups in total. The van der Waals surface area contributed by atoms with Crippen molar-refractivity contribution >= 4 is 40.6 Å². The number of nitrogens with one attached hydrogen (secondary N) is 1. The van der Waals surface area contributed by atoms with E-state index in [1.54, 1.807) is 18.2 Å². The minimum absolute atomic E-state index is 0.193. The van der Waals surface area contributed by atoms with Crippen LogP contribution in [0.3, 0.4) is 0 Å². The fourth-order valence-electron chi connectivity index (χ4n) is 4.82. The Labute approximate surface area is 194 Å². The maximum atomic E-state index is 13.5. The summed E-state index contributed by atoms with van der Waals surface area (Å²) in [6, 6.07) is 21.8. The van der Waals surface area contributed by atoms with Gasteiger partial charge in [0.15, 0.2) is 0 Å². The van der Waals surface area contributed by atoms with E-state index in [1.807, 2.05) is 23.1 Å². The molecule has 1 heterocycles. The third-order valence-electron chi connectivity index (χ3n) is 6.19. The van der Waals surface area contributed by atoms with Crippen LogP contribution in [0.1, 0.15) is 43.9 Å². The maximum absolute atomic E-state index is 13.5. The fourth-order valence-corrected chi connectivity index (χ4v) is 5.12. The second kappa shape index (κ2) is 7.89. The van der Waals surface area contributed by atoms with Crippen molar-refractivity contribution in [3.8, 4) is 0 Å². The number of fused-ring (bicyclic) bond motifs is 1. The van der Waals surface area contributed by atoms with Gasteiger partial charge in [-0.2, -0.15) is 0 Å². The molecule has 0 radical (unpaired) electrons. The van der Waals surface area contributed by atoms with E-state index < -0.39 is 5.54 Å². The van der Waals surface area contributed by atoms with Gasteiger partial charge in [0.05, 0.1) is 15.7 Å². The van der Waals surface area contributed by atoms with Gasteiger partial charge < -0.3 is 5.32 Å². The van der Waals surface area contributed by atoms with Gasteiger partial charge in [0, 0.05) is 16.6 Å². The van der Waals surface area contributed by atoms with Crippen LogP contribution < -0.4 is 10.2 Å². The Hall–Kier alpha value is -2.49. The lowest BCUT2D eigenvalue weighted by Crippen LogP contribution is -2.57. The zero-order valence-electron chi connectivity index (χ0n) is 18.2. The topological polar surface area (TPSA) is 32.3 Å². The van der Waals surface area contributed by atoms with Gasteiger partial charge in [0.2, 0.25) is 0 Å². The van der Waals surface area contributed by atoms with Gasteiger partial charge >= 0.3 is 6.03 Å². The number of carbonyl (C=O) groups is 1. The number of urea groups is 1. The molecule has 2 amide bonds. The lowest BCUT2D eigenvalue weighted by Gasteiger charge is -2.51. The van der Waals surface area contributed by atoms with Crippen LogP contribution >= 0.6 is 23.2 Å². The lowest BCUT2D eigenvalue weighted by atomic mass is 9.65. The Morgan fingerprint density at radius 1 is 0.935 bits per heavy atom. The number of nitrogens with zero attached hydrogens (tertiary/aromatic N) is 1. The maximum Gasteiger partial charge on any atom is 0.326 e. The van der Waals surface area contributed by atoms with Gasteiger partial charge in [0.25, 0.3) is 0 Å². The number of halogens is 2. The molecule has 5 heteroatoms. The SMILES string of the molecule is Cc1ccc([C@]2(C)CC(C)(C)N(C(=O)Nc3ccc(Cl)c(Cl)c3)c3ccccc32)cc1. The Kier molecular flexibility index (Phi) is 5.53. The quantitative estimate of drug-likeness (QED) is 0.421. The molecule has 0 aliphatic carbocycles. The van der Waals surface area contributed by atoms with E-state index in [0.29, 0.717) is 15.7 Å². The molecule has 3 nitrogen and oxygen atoms in total. The summed E-state index contributed by atoms with van der Waals surface area (Å²) >= 11 is 12.2. The zero-order chi connectivity index (χ0) is 22.4. The molecule has 1 atom stereocenters. The Morgan fingerprint density at radius 3 is 2.29 bits per heavy atom. The van der Waals surface area contributed by atoms with E-state index in [1.165, 1.54) is 11.1 Å². The summed E-state index contributed by atoms with van der Waals surface area (Å²) in [7, 11) is 0. The summed E-state index contributed by atoms with van der Waals surface area (Å²) in [6.45, 7) is 8.60. The minimum Gasteiger partial charge on any atom is -0.307 e. The summed E-state index contributed by atoms with van der Waals surface area (Å²) in [5, 5.41) is 3.86. The molecule has 3 aromatic carbocycles. The third-order valence-corrected chi connectivity index (χ3v) is 6.93. The monoisotopic (exact) mass is 452 g/mol. The first-order chi connectivity index (χ1) is 14.6. The van der Waals surface area contributed by atoms with Gasteiger partial charge in [-0.15, -0.1) is 0 Å². The lowest BCUT2D eigenvalue weighted by molar-refractivity contribution is 0.243. The Morgan fingerprint density at radius 2 is 1.61 bits per heavy atom. The molecule has 0 saturated carbocycles. The van der Waals surface area contributed by atoms with Gasteiger partial charge in [-0.3, -0.25) is 4.90 Å². The van der Waals surface area contributed by atoms with Crippen LogP contribution in [0.4, 0.5) is 16.2 Å². The number of hydrogen-bond donors (Lipinski definition) is 1. The largest absolute Gasteiger partial charge is 0.326 e. The minimum atomic E-state index is -0.422. The van der Waals surface area contributed by atoms with Crippen molar-refractivity contribution in [3.63, 3.8) is 0 Å². The average Bonchev–Trinajstić information content (AvgIpc) is 2.70. The van der Waals surface area contributed by atoms with Crippen molar-refractivity contribution in [2.24, 2.45) is 0 Å². The second-order valence-electron chi connectivity index (χ2n) is 9.10. The van der Waals surface area contributed by atoms with Crippen LogP contribution in [0.25, 0.3) is 0 Å². The van der Waals surface area contributed by atoms with E-state index in [0.717, 1.165) is 17.7 Å². The molecular weight excluding hydrogens is 427 g/mol. The molecule has 1 aliphatic rings. The van der Waals surface area contributed by atoms with E-state index in [9.17, 15) is 4.79 Å². The first kappa shape index (κ1) is 21.7. The smallest absolute Gasteiger partial charge is 0.307 e. The van der Waals surface area contributed by atoms with Crippen LogP contribution in [0, 0.1) is 6.92 Å². The van der Waals surface area contributed by atoms with Crippen molar-refractivity contribution in [2.75, 3.05) is 10.2 Å². The van der Waals surface area contributed by atoms with Crippen LogP contribution in [0.15, 0.2) is 66.7 Å². The molecule has 0 bridgehead atoms. The number of amides is 2. The van der Waals surface area contributed by atoms with Gasteiger partial charge in [-0.05, 0) is 62.6 Å². The molecule has 160 valence electrons. The van der Waals surface area contributed by atoms with Crippen molar-refractivity contribution in [3.05, 3.63) is 93.5 Å². The number of hydrogen-bond acceptors (Lipinski definition) is 1. The molecule has 31 heavy (non-hydrogen) atoms.